The standard InChI is InChI=1S/C22H17FN6O/c23-20-7-4-16(12-25-20)14-8-9-24-19(11-14)22(30)27-17-3-1-2-15(10-17)21-28-26-13-29(21)18-5-6-18/h1-4,7-13,18H,5-6H2,(H,27,30). The Hall–Kier alpha value is -3.94. The molecule has 1 fully saturated rings. The Kier molecular flexibility index (Phi) is 4.51. The van der Waals surface area contributed by atoms with Crippen LogP contribution < -0.4 is 5.32 Å². The Morgan fingerprint density at radius 1 is 1.03 bits per heavy atom. The number of nitrogens with zero attached hydrogens (tertiary/aromatic N) is 5. The minimum absolute atomic E-state index is 0.253. The monoisotopic (exact) mass is 400 g/mol. The Balaban J connectivity index is 1.37. The van der Waals surface area contributed by atoms with Gasteiger partial charge in [-0.3, -0.25) is 9.78 Å². The number of nitrogens with one attached hydrogen (secondary N) is 1. The third-order valence-electron chi connectivity index (χ3n) is 4.95. The molecule has 148 valence electrons. The summed E-state index contributed by atoms with van der Waals surface area (Å²) < 4.78 is 15.1. The summed E-state index contributed by atoms with van der Waals surface area (Å²) in [6.07, 6.45) is 6.98. The van der Waals surface area contributed by atoms with E-state index in [1.807, 2.05) is 24.3 Å². The van der Waals surface area contributed by atoms with E-state index in [1.165, 1.54) is 12.3 Å². The highest BCUT2D eigenvalue weighted by atomic mass is 19.1. The zero-order valence-corrected chi connectivity index (χ0v) is 15.9. The molecule has 0 unspecified atom stereocenters. The van der Waals surface area contributed by atoms with Crippen molar-refractivity contribution in [3.63, 3.8) is 0 Å². The van der Waals surface area contributed by atoms with Gasteiger partial charge in [0.05, 0.1) is 0 Å². The fraction of sp³-hybridized carbons (Fsp3) is 0.136. The molecule has 0 radical (unpaired) electrons. The summed E-state index contributed by atoms with van der Waals surface area (Å²) in [4.78, 5) is 20.6. The third-order valence-corrected chi connectivity index (χ3v) is 4.95. The lowest BCUT2D eigenvalue weighted by Crippen LogP contribution is -2.13. The largest absolute Gasteiger partial charge is 0.321 e. The van der Waals surface area contributed by atoms with Crippen molar-refractivity contribution in [2.45, 2.75) is 18.9 Å². The van der Waals surface area contributed by atoms with Crippen LogP contribution in [0.4, 0.5) is 10.1 Å². The molecule has 1 amide bonds. The summed E-state index contributed by atoms with van der Waals surface area (Å²) in [7, 11) is 0. The van der Waals surface area contributed by atoms with Crippen LogP contribution in [0.2, 0.25) is 0 Å². The first-order chi connectivity index (χ1) is 14.7. The van der Waals surface area contributed by atoms with Crippen LogP contribution >= 0.6 is 0 Å². The summed E-state index contributed by atoms with van der Waals surface area (Å²) in [5, 5.41) is 11.1. The van der Waals surface area contributed by atoms with E-state index >= 15 is 0 Å². The van der Waals surface area contributed by atoms with Gasteiger partial charge in [-0.15, -0.1) is 10.2 Å². The number of hydrogen-bond acceptors (Lipinski definition) is 5. The molecular formula is C22H17FN6O. The SMILES string of the molecule is O=C(Nc1cccc(-c2nncn2C2CC2)c1)c1cc(-c2ccc(F)nc2)ccn1. The van der Waals surface area contributed by atoms with Crippen LogP contribution in [0.15, 0.2) is 67.3 Å². The number of rotatable bonds is 5. The second-order valence-electron chi connectivity index (χ2n) is 7.13. The number of benzene rings is 1. The molecule has 1 saturated carbocycles. The van der Waals surface area contributed by atoms with E-state index in [1.54, 1.807) is 30.7 Å². The minimum Gasteiger partial charge on any atom is -0.321 e. The zero-order valence-electron chi connectivity index (χ0n) is 15.9. The van der Waals surface area contributed by atoms with Crippen molar-refractivity contribution < 1.29 is 9.18 Å². The summed E-state index contributed by atoms with van der Waals surface area (Å²) in [6, 6.07) is 14.2. The highest BCUT2D eigenvalue weighted by Crippen LogP contribution is 2.37. The van der Waals surface area contributed by atoms with Crippen molar-refractivity contribution in [1.82, 2.24) is 24.7 Å². The predicted octanol–water partition coefficient (Wildman–Crippen LogP) is 4.13. The van der Waals surface area contributed by atoms with Gasteiger partial charge in [-0.05, 0) is 54.8 Å². The number of aromatic nitrogens is 5. The van der Waals surface area contributed by atoms with Gasteiger partial charge in [0.25, 0.3) is 5.91 Å². The van der Waals surface area contributed by atoms with E-state index in [9.17, 15) is 9.18 Å². The van der Waals surface area contributed by atoms with Gasteiger partial charge in [-0.25, -0.2) is 4.98 Å². The predicted molar refractivity (Wildman–Crippen MR) is 109 cm³/mol. The molecule has 8 heteroatoms. The van der Waals surface area contributed by atoms with E-state index in [4.69, 9.17) is 0 Å². The van der Waals surface area contributed by atoms with Crippen molar-refractivity contribution in [2.24, 2.45) is 0 Å². The van der Waals surface area contributed by atoms with E-state index < -0.39 is 5.95 Å². The molecule has 7 nitrogen and oxygen atoms in total. The Labute approximate surface area is 171 Å². The smallest absolute Gasteiger partial charge is 0.274 e. The van der Waals surface area contributed by atoms with Crippen molar-refractivity contribution in [2.75, 3.05) is 5.32 Å². The van der Waals surface area contributed by atoms with E-state index in [0.717, 1.165) is 29.8 Å². The summed E-state index contributed by atoms with van der Waals surface area (Å²) in [5.74, 6) is -0.103. The normalized spacial score (nSPS) is 13.2. The molecule has 1 aromatic carbocycles. The molecule has 1 N–H and O–H groups in total. The topological polar surface area (TPSA) is 85.6 Å². The third kappa shape index (κ3) is 3.67. The molecule has 0 saturated heterocycles. The summed E-state index contributed by atoms with van der Waals surface area (Å²) in [6.45, 7) is 0. The summed E-state index contributed by atoms with van der Waals surface area (Å²) in [5.41, 5.74) is 3.21. The van der Waals surface area contributed by atoms with Crippen LogP contribution in [0.25, 0.3) is 22.5 Å². The first-order valence-corrected chi connectivity index (χ1v) is 9.57. The second kappa shape index (κ2) is 7.47. The van der Waals surface area contributed by atoms with Crippen LogP contribution in [0.1, 0.15) is 29.4 Å². The fourth-order valence-corrected chi connectivity index (χ4v) is 3.28. The minimum atomic E-state index is -0.553. The molecule has 3 heterocycles. The van der Waals surface area contributed by atoms with Gasteiger partial charge in [0.2, 0.25) is 5.95 Å². The van der Waals surface area contributed by atoms with Gasteiger partial charge in [0.1, 0.15) is 12.0 Å². The second-order valence-corrected chi connectivity index (χ2v) is 7.13. The fourth-order valence-electron chi connectivity index (χ4n) is 3.28. The maximum atomic E-state index is 13.1. The molecule has 0 atom stereocenters. The quantitative estimate of drug-likeness (QED) is 0.509. The van der Waals surface area contributed by atoms with Gasteiger partial charge in [-0.2, -0.15) is 4.39 Å². The zero-order chi connectivity index (χ0) is 20.5. The van der Waals surface area contributed by atoms with Gasteiger partial charge >= 0.3 is 0 Å². The van der Waals surface area contributed by atoms with Crippen molar-refractivity contribution in [1.29, 1.82) is 0 Å². The molecular weight excluding hydrogens is 383 g/mol. The molecule has 5 rings (SSSR count). The first kappa shape index (κ1) is 18.1. The van der Waals surface area contributed by atoms with Gasteiger partial charge < -0.3 is 9.88 Å². The van der Waals surface area contributed by atoms with Gasteiger partial charge in [0.15, 0.2) is 5.82 Å². The molecule has 0 aliphatic heterocycles. The number of anilines is 1. The maximum Gasteiger partial charge on any atom is 0.274 e. The number of halogens is 1. The number of amides is 1. The van der Waals surface area contributed by atoms with Crippen molar-refractivity contribution >= 4 is 11.6 Å². The van der Waals surface area contributed by atoms with Gasteiger partial charge in [-0.1, -0.05) is 12.1 Å². The Bertz CT molecular complexity index is 1220. The lowest BCUT2D eigenvalue weighted by atomic mass is 10.1. The summed E-state index contributed by atoms with van der Waals surface area (Å²) >= 11 is 0. The van der Waals surface area contributed by atoms with Crippen molar-refractivity contribution in [3.8, 4) is 22.5 Å². The molecule has 0 spiro atoms. The number of hydrogen-bond donors (Lipinski definition) is 1. The van der Waals surface area contributed by atoms with Crippen LogP contribution in [-0.4, -0.2) is 30.6 Å². The molecule has 3 aromatic heterocycles. The number of pyridine rings is 2. The molecule has 30 heavy (non-hydrogen) atoms. The lowest BCUT2D eigenvalue weighted by molar-refractivity contribution is 0.102. The van der Waals surface area contributed by atoms with Crippen LogP contribution in [-0.2, 0) is 0 Å². The lowest BCUT2D eigenvalue weighted by Gasteiger charge is -2.09. The number of carbonyl (C=O) groups is 1. The van der Waals surface area contributed by atoms with Crippen LogP contribution in [0.5, 0.6) is 0 Å². The first-order valence-electron chi connectivity index (χ1n) is 9.57. The van der Waals surface area contributed by atoms with E-state index in [0.29, 0.717) is 17.3 Å². The molecule has 0 bridgehead atoms. The Morgan fingerprint density at radius 2 is 1.93 bits per heavy atom. The van der Waals surface area contributed by atoms with Gasteiger partial charge in [0, 0.05) is 35.2 Å². The maximum absolute atomic E-state index is 13.1. The van der Waals surface area contributed by atoms with Crippen molar-refractivity contribution in [3.05, 3.63) is 78.9 Å². The van der Waals surface area contributed by atoms with E-state index in [-0.39, 0.29) is 11.6 Å². The number of carbonyl (C=O) groups excluding carboxylic acids is 1. The average Bonchev–Trinajstić information content (AvgIpc) is 3.50. The molecule has 1 aliphatic carbocycles. The average molecular weight is 400 g/mol. The molecule has 4 aromatic rings. The van der Waals surface area contributed by atoms with Crippen LogP contribution in [0, 0.1) is 5.95 Å². The van der Waals surface area contributed by atoms with Crippen LogP contribution in [0.3, 0.4) is 0 Å². The highest BCUT2D eigenvalue weighted by Gasteiger charge is 2.26. The highest BCUT2D eigenvalue weighted by molar-refractivity contribution is 6.03. The molecule has 1 aliphatic rings. The Morgan fingerprint density at radius 3 is 2.73 bits per heavy atom. The van der Waals surface area contributed by atoms with E-state index in [2.05, 4.69) is 30.0 Å².